The normalized spacial score (nSPS) is 16.9. The minimum atomic E-state index is -0.0795. The van der Waals surface area contributed by atoms with Crippen molar-refractivity contribution in [3.63, 3.8) is 0 Å². The number of phenolic OH excluding ortho intramolecular Hbond substituents is 1. The summed E-state index contributed by atoms with van der Waals surface area (Å²) in [4.78, 5) is 14.4. The first kappa shape index (κ1) is 19.8. The van der Waals surface area contributed by atoms with E-state index in [1.165, 1.54) is 42.2 Å². The average Bonchev–Trinajstić information content (AvgIpc) is 2.80. The molecule has 3 heterocycles. The van der Waals surface area contributed by atoms with Crippen molar-refractivity contribution in [2.75, 3.05) is 11.4 Å². The maximum atomic E-state index is 11.9. The van der Waals surface area contributed by atoms with Crippen LogP contribution < -0.4 is 10.5 Å². The molecule has 3 aromatic rings. The minimum Gasteiger partial charge on any atom is -0.507 e. The van der Waals surface area contributed by atoms with E-state index < -0.39 is 0 Å². The monoisotopic (exact) mass is 416 g/mol. The van der Waals surface area contributed by atoms with Gasteiger partial charge in [0.1, 0.15) is 5.75 Å². The number of hydrogen-bond donors (Lipinski definition) is 1. The molecule has 5 rings (SSSR count). The molecule has 160 valence electrons. The zero-order valence-corrected chi connectivity index (χ0v) is 17.9. The Balaban J connectivity index is 1.45. The topological polar surface area (TPSA) is 71.2 Å². The third kappa shape index (κ3) is 3.82. The first-order chi connectivity index (χ1) is 15.1. The van der Waals surface area contributed by atoms with E-state index in [9.17, 15) is 9.90 Å². The number of hydrogen-bond acceptors (Lipinski definition) is 5. The van der Waals surface area contributed by atoms with E-state index in [2.05, 4.69) is 21.2 Å². The van der Waals surface area contributed by atoms with Crippen LogP contribution in [0.25, 0.3) is 22.4 Å². The third-order valence-electron chi connectivity index (χ3n) is 6.69. The first-order valence-corrected chi connectivity index (χ1v) is 11.2. The van der Waals surface area contributed by atoms with Crippen LogP contribution in [-0.2, 0) is 13.5 Å². The highest BCUT2D eigenvalue weighted by Gasteiger charge is 2.27. The predicted octanol–water partition coefficient (Wildman–Crippen LogP) is 4.30. The van der Waals surface area contributed by atoms with Crippen LogP contribution >= 0.6 is 0 Å². The number of aromatic nitrogens is 3. The van der Waals surface area contributed by atoms with Gasteiger partial charge >= 0.3 is 0 Å². The highest BCUT2D eigenvalue weighted by Crippen LogP contribution is 2.36. The van der Waals surface area contributed by atoms with E-state index in [-0.39, 0.29) is 11.3 Å². The van der Waals surface area contributed by atoms with Crippen LogP contribution in [0.3, 0.4) is 0 Å². The van der Waals surface area contributed by atoms with Gasteiger partial charge in [-0.2, -0.15) is 0 Å². The van der Waals surface area contributed by atoms with Crippen molar-refractivity contribution in [1.29, 1.82) is 0 Å². The maximum Gasteiger partial charge on any atom is 0.250 e. The Bertz CT molecular complexity index is 1160. The molecular formula is C25H28N4O2. The van der Waals surface area contributed by atoms with E-state index in [1.807, 2.05) is 18.2 Å². The summed E-state index contributed by atoms with van der Waals surface area (Å²) in [5.41, 5.74) is 4.08. The summed E-state index contributed by atoms with van der Waals surface area (Å²) < 4.78 is 1.52. The van der Waals surface area contributed by atoms with E-state index in [0.717, 1.165) is 36.3 Å². The standard InChI is InChI=1S/C25H28N4O2/c1-28-13-11-18(16-24(28)31)17-9-10-21(23(30)15-17)22-14-19-6-5-12-29(25(19)27-26-22)20-7-3-2-4-8-20/h9-11,13-16,20,30H,2-8,12H2,1H3. The summed E-state index contributed by atoms with van der Waals surface area (Å²) in [6.45, 7) is 1.06. The number of aryl methyl sites for hydroxylation is 2. The summed E-state index contributed by atoms with van der Waals surface area (Å²) in [7, 11) is 1.72. The summed E-state index contributed by atoms with van der Waals surface area (Å²) in [6.07, 6.45) is 10.3. The molecule has 1 N–H and O–H groups in total. The second kappa shape index (κ2) is 8.17. The van der Waals surface area contributed by atoms with Gasteiger partial charge in [0.25, 0.3) is 5.56 Å². The van der Waals surface area contributed by atoms with Crippen molar-refractivity contribution in [2.24, 2.45) is 7.05 Å². The fourth-order valence-corrected chi connectivity index (χ4v) is 4.93. The van der Waals surface area contributed by atoms with Gasteiger partial charge in [0, 0.05) is 37.5 Å². The van der Waals surface area contributed by atoms with Gasteiger partial charge < -0.3 is 14.6 Å². The van der Waals surface area contributed by atoms with Crippen molar-refractivity contribution in [1.82, 2.24) is 14.8 Å². The molecule has 31 heavy (non-hydrogen) atoms. The smallest absolute Gasteiger partial charge is 0.250 e. The lowest BCUT2D eigenvalue weighted by molar-refractivity contribution is 0.404. The molecule has 1 aliphatic heterocycles. The molecule has 0 unspecified atom stereocenters. The zero-order chi connectivity index (χ0) is 21.4. The molecule has 6 heteroatoms. The Hall–Kier alpha value is -3.15. The Kier molecular flexibility index (Phi) is 5.22. The van der Waals surface area contributed by atoms with Gasteiger partial charge in [-0.1, -0.05) is 25.3 Å². The van der Waals surface area contributed by atoms with Gasteiger partial charge in [0.2, 0.25) is 0 Å². The van der Waals surface area contributed by atoms with Gasteiger partial charge in [-0.25, -0.2) is 0 Å². The molecule has 1 aliphatic carbocycles. The molecule has 0 bridgehead atoms. The quantitative estimate of drug-likeness (QED) is 0.689. The van der Waals surface area contributed by atoms with Crippen molar-refractivity contribution in [3.05, 3.63) is 58.5 Å². The summed E-state index contributed by atoms with van der Waals surface area (Å²) in [6, 6.07) is 11.6. The van der Waals surface area contributed by atoms with E-state index in [0.29, 0.717) is 17.3 Å². The fourth-order valence-electron chi connectivity index (χ4n) is 4.93. The molecule has 0 saturated heterocycles. The lowest BCUT2D eigenvalue weighted by Gasteiger charge is -2.38. The lowest BCUT2D eigenvalue weighted by Crippen LogP contribution is -2.41. The minimum absolute atomic E-state index is 0.0795. The Morgan fingerprint density at radius 2 is 1.77 bits per heavy atom. The SMILES string of the molecule is Cn1ccc(-c2ccc(-c3cc4c(nn3)N(C3CCCCC3)CCC4)c(O)c2)cc1=O. The van der Waals surface area contributed by atoms with Crippen molar-refractivity contribution in [2.45, 2.75) is 51.0 Å². The number of benzene rings is 1. The molecule has 1 aromatic carbocycles. The Morgan fingerprint density at radius 3 is 2.55 bits per heavy atom. The Labute approximate surface area is 182 Å². The van der Waals surface area contributed by atoms with Crippen molar-refractivity contribution < 1.29 is 5.11 Å². The average molecular weight is 417 g/mol. The summed E-state index contributed by atoms with van der Waals surface area (Å²) >= 11 is 0. The first-order valence-electron chi connectivity index (χ1n) is 11.2. The van der Waals surface area contributed by atoms with Crippen molar-refractivity contribution >= 4 is 5.82 Å². The molecule has 0 atom stereocenters. The van der Waals surface area contributed by atoms with Crippen LogP contribution in [-0.4, -0.2) is 32.5 Å². The number of anilines is 1. The summed E-state index contributed by atoms with van der Waals surface area (Å²) in [5, 5.41) is 19.8. The fraction of sp³-hybridized carbons (Fsp3) is 0.400. The summed E-state index contributed by atoms with van der Waals surface area (Å²) in [5.74, 6) is 1.17. The molecule has 0 spiro atoms. The van der Waals surface area contributed by atoms with Gasteiger partial charge in [-0.3, -0.25) is 4.79 Å². The van der Waals surface area contributed by atoms with Crippen LogP contribution in [0.2, 0.25) is 0 Å². The second-order valence-electron chi connectivity index (χ2n) is 8.76. The van der Waals surface area contributed by atoms with E-state index in [1.54, 1.807) is 25.4 Å². The van der Waals surface area contributed by atoms with Crippen LogP contribution in [0.15, 0.2) is 47.4 Å². The predicted molar refractivity (Wildman–Crippen MR) is 122 cm³/mol. The van der Waals surface area contributed by atoms with Gasteiger partial charge in [-0.05, 0) is 66.6 Å². The highest BCUT2D eigenvalue weighted by atomic mass is 16.3. The second-order valence-corrected chi connectivity index (χ2v) is 8.76. The third-order valence-corrected chi connectivity index (χ3v) is 6.69. The van der Waals surface area contributed by atoms with Crippen LogP contribution in [0.1, 0.15) is 44.1 Å². The van der Waals surface area contributed by atoms with Crippen LogP contribution in [0, 0.1) is 0 Å². The number of aromatic hydroxyl groups is 1. The molecule has 0 radical (unpaired) electrons. The molecule has 6 nitrogen and oxygen atoms in total. The number of nitrogens with zero attached hydrogens (tertiary/aromatic N) is 4. The van der Waals surface area contributed by atoms with Crippen LogP contribution in [0.5, 0.6) is 5.75 Å². The molecule has 1 saturated carbocycles. The molecule has 2 aromatic heterocycles. The molecule has 1 fully saturated rings. The number of fused-ring (bicyclic) bond motifs is 1. The number of rotatable bonds is 3. The largest absolute Gasteiger partial charge is 0.507 e. The van der Waals surface area contributed by atoms with E-state index >= 15 is 0 Å². The van der Waals surface area contributed by atoms with Gasteiger partial charge in [-0.15, -0.1) is 10.2 Å². The molecule has 0 amide bonds. The number of phenols is 1. The van der Waals surface area contributed by atoms with Gasteiger partial charge in [0.05, 0.1) is 5.69 Å². The highest BCUT2D eigenvalue weighted by molar-refractivity contribution is 5.75. The zero-order valence-electron chi connectivity index (χ0n) is 17.9. The van der Waals surface area contributed by atoms with Crippen molar-refractivity contribution in [3.8, 4) is 28.1 Å². The number of pyridine rings is 1. The van der Waals surface area contributed by atoms with Crippen LogP contribution in [0.4, 0.5) is 5.82 Å². The molecule has 2 aliphatic rings. The molecular weight excluding hydrogens is 388 g/mol. The van der Waals surface area contributed by atoms with Gasteiger partial charge in [0.15, 0.2) is 5.82 Å². The van der Waals surface area contributed by atoms with E-state index in [4.69, 9.17) is 0 Å². The Morgan fingerprint density at radius 1 is 0.968 bits per heavy atom. The maximum absolute atomic E-state index is 11.9. The lowest BCUT2D eigenvalue weighted by atomic mass is 9.92.